The molecule has 1 fully saturated rings. The molecule has 4 heteroatoms. The zero-order valence-electron chi connectivity index (χ0n) is 16.4. The maximum atomic E-state index is 12.1. The van der Waals surface area contributed by atoms with Crippen LogP contribution < -0.4 is 0 Å². The average Bonchev–Trinajstić information content (AvgIpc) is 2.61. The minimum atomic E-state index is -1.12. The van der Waals surface area contributed by atoms with Crippen LogP contribution in [0.5, 0.6) is 0 Å². The van der Waals surface area contributed by atoms with E-state index in [9.17, 15) is 15.0 Å². The second kappa shape index (κ2) is 7.83. The summed E-state index contributed by atoms with van der Waals surface area (Å²) in [6.07, 6.45) is -0.0849. The van der Waals surface area contributed by atoms with Gasteiger partial charge in [0.1, 0.15) is 5.41 Å². The van der Waals surface area contributed by atoms with Gasteiger partial charge >= 0.3 is 5.97 Å². The Labute approximate surface area is 161 Å². The van der Waals surface area contributed by atoms with Gasteiger partial charge < -0.3 is 10.2 Å². The maximum absolute atomic E-state index is 12.1. The van der Waals surface area contributed by atoms with Crippen molar-refractivity contribution in [3.05, 3.63) is 70.3 Å². The van der Waals surface area contributed by atoms with Gasteiger partial charge in [0, 0.05) is 13.1 Å². The molecule has 0 unspecified atom stereocenters. The van der Waals surface area contributed by atoms with Gasteiger partial charge in [0.15, 0.2) is 0 Å². The van der Waals surface area contributed by atoms with Crippen molar-refractivity contribution in [2.24, 2.45) is 5.41 Å². The predicted molar refractivity (Wildman–Crippen MR) is 107 cm³/mol. The molecule has 3 rings (SSSR count). The number of β-amino-alcohol motifs (C(OH)–C–C–N with tert-alkyl or cyclic N) is 1. The maximum Gasteiger partial charge on any atom is 0.312 e. The summed E-state index contributed by atoms with van der Waals surface area (Å²) in [5.41, 5.74) is 4.87. The quantitative estimate of drug-likeness (QED) is 0.849. The average molecular weight is 367 g/mol. The van der Waals surface area contributed by atoms with E-state index in [1.54, 1.807) is 0 Å². The third kappa shape index (κ3) is 4.07. The highest BCUT2D eigenvalue weighted by atomic mass is 16.4. The molecule has 2 aromatic carbocycles. The Balaban J connectivity index is 1.77. The summed E-state index contributed by atoms with van der Waals surface area (Å²) in [4.78, 5) is 14.3. The first-order valence-corrected chi connectivity index (χ1v) is 9.56. The molecule has 1 saturated heterocycles. The molecule has 4 nitrogen and oxygen atoms in total. The van der Waals surface area contributed by atoms with Crippen LogP contribution in [0, 0.1) is 26.2 Å². The van der Waals surface area contributed by atoms with Crippen LogP contribution >= 0.6 is 0 Å². The Morgan fingerprint density at radius 2 is 1.78 bits per heavy atom. The van der Waals surface area contributed by atoms with Gasteiger partial charge in [-0.05, 0) is 62.4 Å². The first-order valence-electron chi connectivity index (χ1n) is 9.56. The van der Waals surface area contributed by atoms with Gasteiger partial charge in [-0.3, -0.25) is 9.69 Å². The topological polar surface area (TPSA) is 60.8 Å². The van der Waals surface area contributed by atoms with E-state index in [1.807, 2.05) is 30.3 Å². The van der Waals surface area contributed by atoms with E-state index in [2.05, 4.69) is 37.8 Å². The number of nitrogens with zero attached hydrogens (tertiary/aromatic N) is 1. The van der Waals surface area contributed by atoms with Crippen molar-refractivity contribution in [3.63, 3.8) is 0 Å². The number of aryl methyl sites for hydroxylation is 3. The van der Waals surface area contributed by atoms with Crippen LogP contribution in [0.2, 0.25) is 0 Å². The van der Waals surface area contributed by atoms with E-state index in [-0.39, 0.29) is 0 Å². The Kier molecular flexibility index (Phi) is 5.68. The van der Waals surface area contributed by atoms with Gasteiger partial charge in [0.2, 0.25) is 0 Å². The Morgan fingerprint density at radius 1 is 1.15 bits per heavy atom. The molecule has 1 aliphatic heterocycles. The molecular formula is C23H29NO3. The fraction of sp³-hybridized carbons (Fsp3) is 0.435. The lowest BCUT2D eigenvalue weighted by Crippen LogP contribution is -2.55. The number of rotatable bonds is 5. The number of likely N-dealkylation sites (tertiary alicyclic amines) is 1. The van der Waals surface area contributed by atoms with Crippen LogP contribution in [0.25, 0.3) is 0 Å². The number of hydrogen-bond donors (Lipinski definition) is 2. The molecule has 1 heterocycles. The zero-order chi connectivity index (χ0) is 19.6. The first-order chi connectivity index (χ1) is 12.8. The Bertz CT molecular complexity index is 795. The van der Waals surface area contributed by atoms with Crippen molar-refractivity contribution < 1.29 is 15.0 Å². The summed E-state index contributed by atoms with van der Waals surface area (Å²) in [7, 11) is 0. The number of benzene rings is 2. The number of aliphatic carboxylic acids is 1. The minimum Gasteiger partial charge on any atom is -0.481 e. The molecule has 27 heavy (non-hydrogen) atoms. The van der Waals surface area contributed by atoms with E-state index >= 15 is 0 Å². The Hall–Kier alpha value is -2.17. The van der Waals surface area contributed by atoms with Crippen molar-refractivity contribution in [1.82, 2.24) is 4.90 Å². The number of carboxylic acid groups (broad SMARTS) is 1. The molecule has 2 atom stereocenters. The highest BCUT2D eigenvalue weighted by molar-refractivity contribution is 5.76. The van der Waals surface area contributed by atoms with Crippen molar-refractivity contribution in [2.75, 3.05) is 13.1 Å². The molecule has 144 valence electrons. The molecule has 0 bridgehead atoms. The molecule has 0 aromatic heterocycles. The fourth-order valence-corrected chi connectivity index (χ4v) is 4.35. The SMILES string of the molecule is Cc1cc(C)c(CN2CC[C@](Cc3ccccc3)(C(=O)O)[C@@H](O)C2)c(C)c1. The molecule has 0 amide bonds. The van der Waals surface area contributed by atoms with Gasteiger partial charge in [-0.1, -0.05) is 48.0 Å². The second-order valence-electron chi connectivity index (χ2n) is 8.00. The second-order valence-corrected chi connectivity index (χ2v) is 8.00. The summed E-state index contributed by atoms with van der Waals surface area (Å²) < 4.78 is 0. The normalized spacial score (nSPS) is 23.3. The highest BCUT2D eigenvalue weighted by Crippen LogP contribution is 2.36. The van der Waals surface area contributed by atoms with E-state index in [1.165, 1.54) is 22.3 Å². The van der Waals surface area contributed by atoms with E-state index in [0.29, 0.717) is 25.9 Å². The van der Waals surface area contributed by atoms with Crippen molar-refractivity contribution in [3.8, 4) is 0 Å². The van der Waals surface area contributed by atoms with Crippen LogP contribution in [0.3, 0.4) is 0 Å². The standard InChI is InChI=1S/C23H29NO3/c1-16-11-17(2)20(18(3)12-16)14-24-10-9-23(22(26)27,21(25)15-24)13-19-7-5-4-6-8-19/h4-8,11-12,21,25H,9-10,13-15H2,1-3H3,(H,26,27)/t21-,23+/m0/s1. The minimum absolute atomic E-state index is 0.362. The van der Waals surface area contributed by atoms with Crippen molar-refractivity contribution >= 4 is 5.97 Å². The summed E-state index contributed by atoms with van der Waals surface area (Å²) in [5, 5.41) is 20.8. The monoisotopic (exact) mass is 367 g/mol. The largest absolute Gasteiger partial charge is 0.481 e. The number of aliphatic hydroxyl groups excluding tert-OH is 1. The molecule has 2 N–H and O–H groups in total. The molecule has 0 saturated carbocycles. The van der Waals surface area contributed by atoms with Gasteiger partial charge in [-0.2, -0.15) is 0 Å². The van der Waals surface area contributed by atoms with Crippen LogP contribution in [0.1, 0.15) is 34.2 Å². The zero-order valence-corrected chi connectivity index (χ0v) is 16.4. The van der Waals surface area contributed by atoms with Gasteiger partial charge in [-0.25, -0.2) is 0 Å². The molecule has 0 spiro atoms. The molecule has 2 aromatic rings. The van der Waals surface area contributed by atoms with Crippen LogP contribution in [0.15, 0.2) is 42.5 Å². The van der Waals surface area contributed by atoms with Gasteiger partial charge in [0.25, 0.3) is 0 Å². The van der Waals surface area contributed by atoms with Crippen LogP contribution in [-0.4, -0.2) is 40.3 Å². The van der Waals surface area contributed by atoms with E-state index < -0.39 is 17.5 Å². The molecular weight excluding hydrogens is 338 g/mol. The lowest BCUT2D eigenvalue weighted by Gasteiger charge is -2.43. The van der Waals surface area contributed by atoms with Crippen molar-refractivity contribution in [2.45, 2.75) is 46.3 Å². The number of carboxylic acids is 1. The highest BCUT2D eigenvalue weighted by Gasteiger charge is 2.48. The number of piperidine rings is 1. The van der Waals surface area contributed by atoms with Gasteiger partial charge in [0.05, 0.1) is 6.10 Å². The van der Waals surface area contributed by atoms with Crippen LogP contribution in [0.4, 0.5) is 0 Å². The summed E-state index contributed by atoms with van der Waals surface area (Å²) >= 11 is 0. The smallest absolute Gasteiger partial charge is 0.312 e. The van der Waals surface area contributed by atoms with E-state index in [0.717, 1.165) is 12.1 Å². The van der Waals surface area contributed by atoms with Gasteiger partial charge in [-0.15, -0.1) is 0 Å². The summed E-state index contributed by atoms with van der Waals surface area (Å²) in [6.45, 7) is 8.13. The van der Waals surface area contributed by atoms with Crippen LogP contribution in [-0.2, 0) is 17.8 Å². The summed E-state index contributed by atoms with van der Waals surface area (Å²) in [5.74, 6) is -0.902. The third-order valence-electron chi connectivity index (χ3n) is 5.95. The Morgan fingerprint density at radius 3 is 2.33 bits per heavy atom. The lowest BCUT2D eigenvalue weighted by atomic mass is 9.71. The predicted octanol–water partition coefficient (Wildman–Crippen LogP) is 3.49. The van der Waals surface area contributed by atoms with E-state index in [4.69, 9.17) is 0 Å². The number of carbonyl (C=O) groups is 1. The number of aliphatic hydroxyl groups is 1. The first kappa shape index (κ1) is 19.6. The fourth-order valence-electron chi connectivity index (χ4n) is 4.35. The molecule has 1 aliphatic rings. The lowest BCUT2D eigenvalue weighted by molar-refractivity contribution is -0.163. The third-order valence-corrected chi connectivity index (χ3v) is 5.95. The molecule has 0 aliphatic carbocycles. The number of hydrogen-bond acceptors (Lipinski definition) is 3. The summed E-state index contributed by atoms with van der Waals surface area (Å²) in [6, 6.07) is 14.0. The molecule has 0 radical (unpaired) electrons. The van der Waals surface area contributed by atoms with Crippen molar-refractivity contribution in [1.29, 1.82) is 0 Å².